The third-order valence-corrected chi connectivity index (χ3v) is 6.07. The maximum Gasteiger partial charge on any atom is 0.340 e. The minimum absolute atomic E-state index is 0.169. The van der Waals surface area contributed by atoms with Gasteiger partial charge in [0.15, 0.2) is 11.5 Å². The van der Waals surface area contributed by atoms with Gasteiger partial charge in [0.2, 0.25) is 0 Å². The Hall–Kier alpha value is -3.10. The number of pyridine rings is 1. The summed E-state index contributed by atoms with van der Waals surface area (Å²) in [5.41, 5.74) is 3.00. The lowest BCUT2D eigenvalue weighted by molar-refractivity contribution is 0.0599. The van der Waals surface area contributed by atoms with Crippen LogP contribution >= 0.6 is 27.5 Å². The molecule has 0 spiro atoms. The van der Waals surface area contributed by atoms with Crippen LogP contribution in [0.5, 0.6) is 11.5 Å². The van der Waals surface area contributed by atoms with E-state index in [9.17, 15) is 9.59 Å². The standard InChI is InChI=1S/C26H25BrClNO6/c1-6-34-20-12-17(11-19(27)24(20)35-13-16-7-9-18(28)10-8-16)23-21(25(30)32-4)14(2)29-15(3)22(23)26(31)33-5/h7-12H,6,13H2,1-5H3. The SMILES string of the molecule is CCOc1cc(-c2c(C(=O)OC)c(C)nc(C)c2C(=O)OC)cc(Br)c1OCc1ccc(Cl)cc1. The smallest absolute Gasteiger partial charge is 0.340 e. The zero-order chi connectivity index (χ0) is 25.7. The summed E-state index contributed by atoms with van der Waals surface area (Å²) < 4.78 is 22.5. The summed E-state index contributed by atoms with van der Waals surface area (Å²) in [5.74, 6) is -0.323. The molecule has 0 N–H and O–H groups in total. The second-order valence-electron chi connectivity index (χ2n) is 7.52. The van der Waals surface area contributed by atoms with Crippen LogP contribution in [-0.4, -0.2) is 37.7 Å². The number of halogens is 2. The molecule has 0 saturated heterocycles. The van der Waals surface area contributed by atoms with Crippen LogP contribution in [0.15, 0.2) is 40.9 Å². The third kappa shape index (κ3) is 5.77. The molecule has 0 fully saturated rings. The number of aromatic nitrogens is 1. The summed E-state index contributed by atoms with van der Waals surface area (Å²) in [6, 6.07) is 10.8. The van der Waals surface area contributed by atoms with Gasteiger partial charge in [-0.2, -0.15) is 0 Å². The molecule has 3 rings (SSSR count). The van der Waals surface area contributed by atoms with Gasteiger partial charge in [-0.05, 0) is 72.1 Å². The van der Waals surface area contributed by atoms with Crippen molar-refractivity contribution < 1.29 is 28.5 Å². The van der Waals surface area contributed by atoms with E-state index in [0.29, 0.717) is 50.1 Å². The number of nitrogens with zero attached hydrogens (tertiary/aromatic N) is 1. The van der Waals surface area contributed by atoms with Crippen molar-refractivity contribution in [1.82, 2.24) is 4.98 Å². The highest BCUT2D eigenvalue weighted by Crippen LogP contribution is 2.43. The molecule has 0 saturated carbocycles. The van der Waals surface area contributed by atoms with E-state index < -0.39 is 11.9 Å². The summed E-state index contributed by atoms with van der Waals surface area (Å²) in [6.07, 6.45) is 0. The number of hydrogen-bond acceptors (Lipinski definition) is 7. The van der Waals surface area contributed by atoms with Gasteiger partial charge in [0, 0.05) is 10.6 Å². The Balaban J connectivity index is 2.20. The molecule has 0 aliphatic carbocycles. The van der Waals surface area contributed by atoms with Crippen molar-refractivity contribution in [3.63, 3.8) is 0 Å². The van der Waals surface area contributed by atoms with Gasteiger partial charge in [0.1, 0.15) is 6.61 Å². The molecule has 2 aromatic carbocycles. The summed E-state index contributed by atoms with van der Waals surface area (Å²) in [5, 5.41) is 0.639. The number of benzene rings is 2. The van der Waals surface area contributed by atoms with E-state index in [2.05, 4.69) is 20.9 Å². The van der Waals surface area contributed by atoms with Gasteiger partial charge in [0.25, 0.3) is 0 Å². The maximum absolute atomic E-state index is 12.8. The van der Waals surface area contributed by atoms with E-state index in [0.717, 1.165) is 5.56 Å². The van der Waals surface area contributed by atoms with E-state index >= 15 is 0 Å². The Bertz CT molecular complexity index is 1220. The average Bonchev–Trinajstić information content (AvgIpc) is 2.83. The van der Waals surface area contributed by atoms with E-state index in [1.807, 2.05) is 19.1 Å². The predicted molar refractivity (Wildman–Crippen MR) is 136 cm³/mol. The Morgan fingerprint density at radius 2 is 1.51 bits per heavy atom. The minimum Gasteiger partial charge on any atom is -0.490 e. The summed E-state index contributed by atoms with van der Waals surface area (Å²) >= 11 is 9.54. The van der Waals surface area contributed by atoms with E-state index in [4.69, 9.17) is 30.5 Å². The van der Waals surface area contributed by atoms with Gasteiger partial charge in [-0.25, -0.2) is 9.59 Å². The van der Waals surface area contributed by atoms with Crippen molar-refractivity contribution in [3.8, 4) is 22.6 Å². The Morgan fingerprint density at radius 1 is 0.943 bits per heavy atom. The molecule has 35 heavy (non-hydrogen) atoms. The van der Waals surface area contributed by atoms with Crippen LogP contribution in [-0.2, 0) is 16.1 Å². The number of hydrogen-bond donors (Lipinski definition) is 0. The zero-order valence-corrected chi connectivity index (χ0v) is 22.4. The van der Waals surface area contributed by atoms with Gasteiger partial charge in [0.05, 0.1) is 47.8 Å². The van der Waals surface area contributed by atoms with Crippen molar-refractivity contribution >= 4 is 39.5 Å². The van der Waals surface area contributed by atoms with Gasteiger partial charge in [-0.3, -0.25) is 4.98 Å². The Labute approximate surface area is 217 Å². The van der Waals surface area contributed by atoms with Crippen LogP contribution in [0.25, 0.3) is 11.1 Å². The van der Waals surface area contributed by atoms with E-state index in [-0.39, 0.29) is 17.7 Å². The lowest BCUT2D eigenvalue weighted by atomic mass is 9.92. The van der Waals surface area contributed by atoms with E-state index in [1.54, 1.807) is 38.1 Å². The van der Waals surface area contributed by atoms with Crippen LogP contribution in [0.2, 0.25) is 5.02 Å². The lowest BCUT2D eigenvalue weighted by Crippen LogP contribution is -2.16. The quantitative estimate of drug-likeness (QED) is 0.297. The molecule has 1 aromatic heterocycles. The van der Waals surface area contributed by atoms with Crippen LogP contribution in [0.4, 0.5) is 0 Å². The number of carbonyl (C=O) groups excluding carboxylic acids is 2. The number of methoxy groups -OCH3 is 2. The molecule has 0 unspecified atom stereocenters. The minimum atomic E-state index is -0.618. The highest BCUT2D eigenvalue weighted by atomic mass is 79.9. The first-order valence-corrected chi connectivity index (χ1v) is 11.9. The number of esters is 2. The second-order valence-corrected chi connectivity index (χ2v) is 8.82. The van der Waals surface area contributed by atoms with E-state index in [1.165, 1.54) is 14.2 Å². The highest BCUT2D eigenvalue weighted by molar-refractivity contribution is 9.10. The fourth-order valence-corrected chi connectivity index (χ4v) is 4.38. The molecule has 0 atom stereocenters. The van der Waals surface area contributed by atoms with Crippen LogP contribution in [0.1, 0.15) is 44.6 Å². The fourth-order valence-electron chi connectivity index (χ4n) is 3.69. The third-order valence-electron chi connectivity index (χ3n) is 5.23. The summed E-state index contributed by atoms with van der Waals surface area (Å²) in [6.45, 7) is 5.88. The van der Waals surface area contributed by atoms with Crippen LogP contribution in [0, 0.1) is 13.8 Å². The number of rotatable bonds is 8. The molecule has 0 bridgehead atoms. The first-order valence-electron chi connectivity index (χ1n) is 10.7. The van der Waals surface area contributed by atoms with Crippen LogP contribution < -0.4 is 9.47 Å². The molecule has 3 aromatic rings. The lowest BCUT2D eigenvalue weighted by Gasteiger charge is -2.20. The van der Waals surface area contributed by atoms with Crippen molar-refractivity contribution in [2.24, 2.45) is 0 Å². The van der Waals surface area contributed by atoms with Gasteiger partial charge in [-0.1, -0.05) is 23.7 Å². The van der Waals surface area contributed by atoms with Crippen molar-refractivity contribution in [2.45, 2.75) is 27.4 Å². The molecular weight excluding hydrogens is 538 g/mol. The van der Waals surface area contributed by atoms with Crippen molar-refractivity contribution in [1.29, 1.82) is 0 Å². The normalized spacial score (nSPS) is 10.6. The van der Waals surface area contributed by atoms with Crippen LogP contribution in [0.3, 0.4) is 0 Å². The van der Waals surface area contributed by atoms with Crippen molar-refractivity contribution in [2.75, 3.05) is 20.8 Å². The molecule has 9 heteroatoms. The molecule has 0 amide bonds. The fraction of sp³-hybridized carbons (Fsp3) is 0.269. The molecular formula is C26H25BrClNO6. The second kappa shape index (κ2) is 11.6. The number of carbonyl (C=O) groups is 2. The number of aryl methyl sites for hydroxylation is 2. The summed E-state index contributed by atoms with van der Waals surface area (Å²) in [4.78, 5) is 29.9. The topological polar surface area (TPSA) is 84.0 Å². The zero-order valence-electron chi connectivity index (χ0n) is 20.0. The molecule has 0 aliphatic rings. The maximum atomic E-state index is 12.8. The largest absolute Gasteiger partial charge is 0.490 e. The van der Waals surface area contributed by atoms with Gasteiger partial charge >= 0.3 is 11.9 Å². The average molecular weight is 563 g/mol. The van der Waals surface area contributed by atoms with Crippen molar-refractivity contribution in [3.05, 3.63) is 74.0 Å². The highest BCUT2D eigenvalue weighted by Gasteiger charge is 2.28. The molecule has 0 radical (unpaired) electrons. The first-order chi connectivity index (χ1) is 16.7. The van der Waals surface area contributed by atoms with Gasteiger partial charge < -0.3 is 18.9 Å². The number of ether oxygens (including phenoxy) is 4. The van der Waals surface area contributed by atoms with Gasteiger partial charge in [-0.15, -0.1) is 0 Å². The molecule has 7 nitrogen and oxygen atoms in total. The first kappa shape index (κ1) is 26.5. The summed E-state index contributed by atoms with van der Waals surface area (Å²) in [7, 11) is 2.55. The predicted octanol–water partition coefficient (Wildman–Crippen LogP) is 6.33. The molecule has 1 heterocycles. The monoisotopic (exact) mass is 561 g/mol. The molecule has 184 valence electrons. The Kier molecular flexibility index (Phi) is 8.75. The molecule has 0 aliphatic heterocycles. The Morgan fingerprint density at radius 3 is 2.03 bits per heavy atom.